The molecule has 118 valence electrons. The Morgan fingerprint density at radius 3 is 1.56 bits per heavy atom. The van der Waals surface area contributed by atoms with Crippen molar-refractivity contribution < 1.29 is 9.59 Å². The second kappa shape index (κ2) is 4.16. The van der Waals surface area contributed by atoms with Crippen molar-refractivity contribution >= 4 is 55.2 Å². The van der Waals surface area contributed by atoms with Gasteiger partial charge in [-0.05, 0) is 12.1 Å². The van der Waals surface area contributed by atoms with Crippen LogP contribution in [0.4, 0.5) is 0 Å². The van der Waals surface area contributed by atoms with Gasteiger partial charge in [-0.1, -0.05) is 36.4 Å². The van der Waals surface area contributed by atoms with Crippen molar-refractivity contribution in [3.8, 4) is 0 Å². The Hall–Kier alpha value is -3.40. The molecule has 3 aromatic carbocycles. The van der Waals surface area contributed by atoms with E-state index in [1.54, 1.807) is 0 Å². The van der Waals surface area contributed by atoms with Crippen LogP contribution in [0.1, 0.15) is 27.1 Å². The Balaban J connectivity index is 2.04. The number of aromatic amines is 2. The number of para-hydroxylation sites is 2. The zero-order chi connectivity index (χ0) is 16.7. The molecular weight excluding hydrogens is 312 g/mol. The summed E-state index contributed by atoms with van der Waals surface area (Å²) in [7, 11) is 0. The topological polar surface area (TPSA) is 65.7 Å². The molecule has 1 aliphatic rings. The van der Waals surface area contributed by atoms with E-state index in [0.29, 0.717) is 11.1 Å². The molecule has 0 amide bonds. The van der Waals surface area contributed by atoms with Crippen LogP contribution in [-0.4, -0.2) is 21.5 Å². The molecule has 5 aromatic rings. The number of aromatic nitrogens is 2. The first-order chi connectivity index (χ1) is 12.2. The summed E-state index contributed by atoms with van der Waals surface area (Å²) in [5.74, 6) is -0.163. The molecule has 4 nitrogen and oxygen atoms in total. The first kappa shape index (κ1) is 13.0. The van der Waals surface area contributed by atoms with Gasteiger partial charge in [-0.25, -0.2) is 0 Å². The van der Waals surface area contributed by atoms with Gasteiger partial charge in [0.05, 0.1) is 17.5 Å². The molecule has 0 aliphatic heterocycles. The second-order valence-electron chi connectivity index (χ2n) is 6.61. The number of rotatable bonds is 0. The summed E-state index contributed by atoms with van der Waals surface area (Å²) < 4.78 is 0. The average molecular weight is 324 g/mol. The Morgan fingerprint density at radius 1 is 0.640 bits per heavy atom. The number of nitrogens with one attached hydrogen (secondary N) is 2. The number of carbonyl (C=O) groups excluding carboxylic acids is 2. The first-order valence-electron chi connectivity index (χ1n) is 8.27. The van der Waals surface area contributed by atoms with Gasteiger partial charge in [0.1, 0.15) is 0 Å². The van der Waals surface area contributed by atoms with Crippen molar-refractivity contribution in [2.45, 2.75) is 6.42 Å². The lowest BCUT2D eigenvalue weighted by Crippen LogP contribution is -1.94. The largest absolute Gasteiger partial charge is 0.353 e. The highest BCUT2D eigenvalue weighted by atomic mass is 16.2. The summed E-state index contributed by atoms with van der Waals surface area (Å²) in [4.78, 5) is 32.3. The minimum Gasteiger partial charge on any atom is -0.353 e. The number of hydrogen-bond acceptors (Lipinski definition) is 2. The molecule has 0 radical (unpaired) electrons. The minimum absolute atomic E-state index is 0.0391. The van der Waals surface area contributed by atoms with E-state index in [2.05, 4.69) is 9.97 Å². The molecule has 0 saturated carbocycles. The van der Waals surface area contributed by atoms with Crippen molar-refractivity contribution in [3.63, 3.8) is 0 Å². The van der Waals surface area contributed by atoms with Gasteiger partial charge in [-0.2, -0.15) is 0 Å². The Morgan fingerprint density at radius 2 is 1.08 bits per heavy atom. The lowest BCUT2D eigenvalue weighted by molar-refractivity contribution is 0.0924. The third-order valence-electron chi connectivity index (χ3n) is 5.29. The maximum absolute atomic E-state index is 12.7. The van der Waals surface area contributed by atoms with Crippen LogP contribution in [0, 0.1) is 0 Å². The Labute approximate surface area is 141 Å². The van der Waals surface area contributed by atoms with Gasteiger partial charge in [0.2, 0.25) is 0 Å². The van der Waals surface area contributed by atoms with Gasteiger partial charge in [0.15, 0.2) is 11.6 Å². The molecule has 0 bridgehead atoms. The maximum Gasteiger partial charge on any atom is 0.172 e. The summed E-state index contributed by atoms with van der Waals surface area (Å²) in [6, 6.07) is 15.8. The lowest BCUT2D eigenvalue weighted by atomic mass is 9.97. The molecule has 0 spiro atoms. The molecule has 2 N–H and O–H groups in total. The van der Waals surface area contributed by atoms with Gasteiger partial charge in [0, 0.05) is 43.7 Å². The fourth-order valence-electron chi connectivity index (χ4n) is 4.31. The fraction of sp³-hybridized carbons (Fsp3) is 0.0476. The first-order valence-corrected chi connectivity index (χ1v) is 8.27. The highest BCUT2D eigenvalue weighted by Gasteiger charge is 2.34. The van der Waals surface area contributed by atoms with Crippen LogP contribution in [0.2, 0.25) is 0 Å². The molecule has 0 saturated heterocycles. The van der Waals surface area contributed by atoms with Crippen LogP contribution in [-0.2, 0) is 0 Å². The number of benzene rings is 3. The van der Waals surface area contributed by atoms with E-state index in [1.807, 2.05) is 48.5 Å². The van der Waals surface area contributed by atoms with Gasteiger partial charge < -0.3 is 9.97 Å². The molecule has 2 aromatic heterocycles. The summed E-state index contributed by atoms with van der Waals surface area (Å²) in [6.07, 6.45) is -0.0391. The fourth-order valence-corrected chi connectivity index (χ4v) is 4.31. The molecule has 4 heteroatoms. The monoisotopic (exact) mass is 324 g/mol. The summed E-state index contributed by atoms with van der Waals surface area (Å²) >= 11 is 0. The molecule has 1 aliphatic carbocycles. The van der Waals surface area contributed by atoms with Crippen LogP contribution < -0.4 is 0 Å². The van der Waals surface area contributed by atoms with E-state index in [-0.39, 0.29) is 18.0 Å². The van der Waals surface area contributed by atoms with Gasteiger partial charge in [-0.3, -0.25) is 9.59 Å². The van der Waals surface area contributed by atoms with Crippen molar-refractivity contribution in [1.29, 1.82) is 0 Å². The van der Waals surface area contributed by atoms with Crippen LogP contribution in [0.3, 0.4) is 0 Å². The molecule has 0 fully saturated rings. The standard InChI is InChI=1S/C21H12N2O2/c24-14-9-15(25)19-17-11-6-2-4-8-13(11)23-21(17)20-16(18(14)19)10-5-1-3-7-12(10)22-20/h1-8,22-23H,9H2. The smallest absolute Gasteiger partial charge is 0.172 e. The van der Waals surface area contributed by atoms with Gasteiger partial charge in [0.25, 0.3) is 0 Å². The lowest BCUT2D eigenvalue weighted by Gasteiger charge is -2.04. The zero-order valence-electron chi connectivity index (χ0n) is 13.1. The Kier molecular flexibility index (Phi) is 2.16. The van der Waals surface area contributed by atoms with Crippen LogP contribution in [0.25, 0.3) is 43.6 Å². The predicted octanol–water partition coefficient (Wildman–Crippen LogP) is 4.72. The van der Waals surface area contributed by atoms with Crippen molar-refractivity contribution in [3.05, 3.63) is 59.7 Å². The number of carbonyl (C=O) groups is 2. The van der Waals surface area contributed by atoms with E-state index in [9.17, 15) is 9.59 Å². The number of fused-ring (bicyclic) bond motifs is 10. The van der Waals surface area contributed by atoms with Gasteiger partial charge >= 0.3 is 0 Å². The third kappa shape index (κ3) is 1.43. The second-order valence-corrected chi connectivity index (χ2v) is 6.61. The van der Waals surface area contributed by atoms with Crippen LogP contribution in [0.5, 0.6) is 0 Å². The summed E-state index contributed by atoms with van der Waals surface area (Å²) in [5.41, 5.74) is 4.89. The molecule has 0 unspecified atom stereocenters. The highest BCUT2D eigenvalue weighted by molar-refractivity contribution is 6.40. The predicted molar refractivity (Wildman–Crippen MR) is 98.4 cm³/mol. The van der Waals surface area contributed by atoms with E-state index in [4.69, 9.17) is 0 Å². The van der Waals surface area contributed by atoms with Gasteiger partial charge in [-0.15, -0.1) is 0 Å². The third-order valence-corrected chi connectivity index (χ3v) is 5.29. The average Bonchev–Trinajstić information content (AvgIpc) is 3.26. The molecule has 0 atom stereocenters. The number of H-pyrrole nitrogens is 2. The summed E-state index contributed by atoms with van der Waals surface area (Å²) in [6.45, 7) is 0. The van der Waals surface area contributed by atoms with Crippen LogP contribution in [0.15, 0.2) is 48.5 Å². The minimum atomic E-state index is -0.0815. The quantitative estimate of drug-likeness (QED) is 0.405. The number of hydrogen-bond donors (Lipinski definition) is 2. The summed E-state index contributed by atoms with van der Waals surface area (Å²) in [5, 5.41) is 3.69. The van der Waals surface area contributed by atoms with Crippen LogP contribution >= 0.6 is 0 Å². The molecular formula is C21H12N2O2. The van der Waals surface area contributed by atoms with Crippen molar-refractivity contribution in [2.75, 3.05) is 0 Å². The molecule has 2 heterocycles. The highest BCUT2D eigenvalue weighted by Crippen LogP contribution is 2.43. The SMILES string of the molecule is O=C1CC(=O)c2c1c1c3ccccc3[nH]c1c1[nH]c3ccccc3c21. The van der Waals surface area contributed by atoms with E-state index >= 15 is 0 Å². The van der Waals surface area contributed by atoms with E-state index in [1.165, 1.54) is 0 Å². The number of Topliss-reactive ketones (excluding diaryl/α,β-unsaturated/α-hetero) is 2. The maximum atomic E-state index is 12.7. The Bertz CT molecular complexity index is 1290. The normalized spacial score (nSPS) is 14.4. The number of ketones is 2. The molecule has 6 rings (SSSR count). The zero-order valence-corrected chi connectivity index (χ0v) is 13.1. The van der Waals surface area contributed by atoms with Crippen molar-refractivity contribution in [2.24, 2.45) is 0 Å². The van der Waals surface area contributed by atoms with E-state index < -0.39 is 0 Å². The van der Waals surface area contributed by atoms with Crippen molar-refractivity contribution in [1.82, 2.24) is 9.97 Å². The van der Waals surface area contributed by atoms with E-state index in [0.717, 1.165) is 43.6 Å². The molecule has 25 heavy (non-hydrogen) atoms.